The van der Waals surface area contributed by atoms with Gasteiger partial charge in [-0.2, -0.15) is 0 Å². The van der Waals surface area contributed by atoms with E-state index in [0.29, 0.717) is 23.2 Å². The van der Waals surface area contributed by atoms with E-state index in [1.165, 1.54) is 23.9 Å². The summed E-state index contributed by atoms with van der Waals surface area (Å²) in [6.07, 6.45) is 5.11. The predicted octanol–water partition coefficient (Wildman–Crippen LogP) is 3.40. The molecule has 26 heavy (non-hydrogen) atoms. The Hall–Kier alpha value is -3.00. The highest BCUT2D eigenvalue weighted by atomic mass is 32.2. The largest absolute Gasteiger partial charge is 0.325 e. The number of aromatic nitrogens is 4. The average molecular weight is 369 g/mol. The molecule has 0 radical (unpaired) electrons. The summed E-state index contributed by atoms with van der Waals surface area (Å²) >= 11 is 1.25. The number of carbonyl (C=O) groups is 1. The van der Waals surface area contributed by atoms with Gasteiger partial charge in [0.15, 0.2) is 11.0 Å². The van der Waals surface area contributed by atoms with Crippen LogP contribution in [0.15, 0.2) is 66.6 Å². The lowest BCUT2D eigenvalue weighted by Gasteiger charge is -2.08. The summed E-state index contributed by atoms with van der Waals surface area (Å²) in [5.41, 5.74) is 1.30. The van der Waals surface area contributed by atoms with Gasteiger partial charge in [-0.05, 0) is 30.3 Å². The molecule has 0 bridgehead atoms. The van der Waals surface area contributed by atoms with Gasteiger partial charge in [0.05, 0.1) is 5.75 Å². The van der Waals surface area contributed by atoms with Crippen LogP contribution in [0.4, 0.5) is 10.1 Å². The monoisotopic (exact) mass is 369 g/mol. The van der Waals surface area contributed by atoms with Gasteiger partial charge in [0.1, 0.15) is 5.82 Å². The van der Waals surface area contributed by atoms with E-state index in [-0.39, 0.29) is 11.7 Å². The topological polar surface area (TPSA) is 72.7 Å². The lowest BCUT2D eigenvalue weighted by Crippen LogP contribution is -2.14. The van der Waals surface area contributed by atoms with Gasteiger partial charge in [-0.15, -0.1) is 16.8 Å². The Bertz CT molecular complexity index is 913. The second-order valence-corrected chi connectivity index (χ2v) is 6.23. The zero-order chi connectivity index (χ0) is 18.4. The normalized spacial score (nSPS) is 10.5. The zero-order valence-electron chi connectivity index (χ0n) is 13.8. The highest BCUT2D eigenvalue weighted by molar-refractivity contribution is 7.99. The number of allylic oxidation sites excluding steroid dienone is 1. The molecule has 0 saturated heterocycles. The Labute approximate surface area is 154 Å². The predicted molar refractivity (Wildman–Crippen MR) is 99.2 cm³/mol. The number of nitrogens with one attached hydrogen (secondary N) is 1. The average Bonchev–Trinajstić information content (AvgIpc) is 3.04. The fraction of sp³-hybridized carbons (Fsp3) is 0.111. The summed E-state index contributed by atoms with van der Waals surface area (Å²) in [6.45, 7) is 4.27. The maximum atomic E-state index is 13.2. The van der Waals surface area contributed by atoms with Crippen LogP contribution in [0, 0.1) is 5.82 Å². The van der Waals surface area contributed by atoms with Crippen LogP contribution in [-0.4, -0.2) is 31.4 Å². The van der Waals surface area contributed by atoms with Gasteiger partial charge in [0, 0.05) is 30.2 Å². The molecular formula is C18H16FN5OS. The highest BCUT2D eigenvalue weighted by Gasteiger charge is 2.15. The molecule has 0 aliphatic rings. The lowest BCUT2D eigenvalue weighted by molar-refractivity contribution is -0.113. The molecule has 0 fully saturated rings. The second kappa shape index (κ2) is 8.39. The first kappa shape index (κ1) is 17.8. The zero-order valence-corrected chi connectivity index (χ0v) is 14.6. The van der Waals surface area contributed by atoms with Crippen LogP contribution in [0.2, 0.25) is 0 Å². The maximum absolute atomic E-state index is 13.2. The minimum atomic E-state index is -0.400. The van der Waals surface area contributed by atoms with Crippen LogP contribution in [0.1, 0.15) is 0 Å². The molecule has 1 amide bonds. The molecule has 1 aromatic carbocycles. The van der Waals surface area contributed by atoms with Crippen molar-refractivity contribution in [2.45, 2.75) is 11.7 Å². The van der Waals surface area contributed by atoms with Gasteiger partial charge >= 0.3 is 0 Å². The molecule has 3 aromatic rings. The maximum Gasteiger partial charge on any atom is 0.234 e. The molecule has 0 aliphatic heterocycles. The Morgan fingerprint density at radius 1 is 1.27 bits per heavy atom. The van der Waals surface area contributed by atoms with Crippen molar-refractivity contribution in [2.24, 2.45) is 0 Å². The van der Waals surface area contributed by atoms with Gasteiger partial charge < -0.3 is 5.32 Å². The minimum absolute atomic E-state index is 0.127. The fourth-order valence-electron chi connectivity index (χ4n) is 2.30. The van der Waals surface area contributed by atoms with Crippen molar-refractivity contribution in [3.05, 3.63) is 67.3 Å². The first-order chi connectivity index (χ1) is 12.7. The Morgan fingerprint density at radius 2 is 2.08 bits per heavy atom. The number of anilines is 1. The fourth-order valence-corrected chi connectivity index (χ4v) is 3.04. The van der Waals surface area contributed by atoms with Crippen molar-refractivity contribution >= 4 is 23.4 Å². The molecule has 0 atom stereocenters. The molecule has 2 heterocycles. The van der Waals surface area contributed by atoms with Crippen molar-refractivity contribution in [2.75, 3.05) is 11.1 Å². The van der Waals surface area contributed by atoms with Gasteiger partial charge in [-0.25, -0.2) is 4.39 Å². The molecule has 0 unspecified atom stereocenters. The van der Waals surface area contributed by atoms with Crippen LogP contribution >= 0.6 is 11.8 Å². The first-order valence-electron chi connectivity index (χ1n) is 7.80. The van der Waals surface area contributed by atoms with E-state index >= 15 is 0 Å². The van der Waals surface area contributed by atoms with Crippen molar-refractivity contribution in [1.82, 2.24) is 19.7 Å². The number of pyridine rings is 1. The first-order valence-corrected chi connectivity index (χ1v) is 8.78. The molecule has 0 saturated carbocycles. The summed E-state index contributed by atoms with van der Waals surface area (Å²) in [7, 11) is 0. The number of hydrogen-bond acceptors (Lipinski definition) is 5. The number of halogens is 1. The molecule has 1 N–H and O–H groups in total. The number of rotatable bonds is 7. The molecule has 3 rings (SSSR count). The van der Waals surface area contributed by atoms with Crippen LogP contribution in [-0.2, 0) is 11.3 Å². The number of carbonyl (C=O) groups excluding carboxylic acids is 1. The molecule has 8 heteroatoms. The van der Waals surface area contributed by atoms with Crippen LogP contribution < -0.4 is 5.32 Å². The van der Waals surface area contributed by atoms with Crippen molar-refractivity contribution < 1.29 is 9.18 Å². The Kier molecular flexibility index (Phi) is 5.75. The molecule has 132 valence electrons. The van der Waals surface area contributed by atoms with E-state index in [1.807, 2.05) is 16.7 Å². The van der Waals surface area contributed by atoms with Gasteiger partial charge in [0.2, 0.25) is 5.91 Å². The Morgan fingerprint density at radius 3 is 2.81 bits per heavy atom. The Balaban J connectivity index is 1.70. The van der Waals surface area contributed by atoms with Crippen LogP contribution in [0.3, 0.4) is 0 Å². The van der Waals surface area contributed by atoms with E-state index in [0.717, 1.165) is 5.56 Å². The van der Waals surface area contributed by atoms with E-state index in [4.69, 9.17) is 0 Å². The smallest absolute Gasteiger partial charge is 0.234 e. The SMILES string of the molecule is C=CCn1c(SCC(=O)Nc2cccc(F)c2)nnc1-c1ccncc1. The third kappa shape index (κ3) is 4.34. The number of amides is 1. The number of benzene rings is 1. The van der Waals surface area contributed by atoms with E-state index in [1.54, 1.807) is 30.6 Å². The minimum Gasteiger partial charge on any atom is -0.325 e. The standard InChI is InChI=1S/C18H16FN5OS/c1-2-10-24-17(13-6-8-20-9-7-13)22-23-18(24)26-12-16(25)21-15-5-3-4-14(19)11-15/h2-9,11H,1,10,12H2,(H,21,25). The summed E-state index contributed by atoms with van der Waals surface area (Å²) in [6, 6.07) is 9.45. The third-order valence-corrected chi connectivity index (χ3v) is 4.37. The molecule has 0 spiro atoms. The van der Waals surface area contributed by atoms with E-state index in [9.17, 15) is 9.18 Å². The number of nitrogens with zero attached hydrogens (tertiary/aromatic N) is 4. The summed E-state index contributed by atoms with van der Waals surface area (Å²) in [4.78, 5) is 16.1. The highest BCUT2D eigenvalue weighted by Crippen LogP contribution is 2.24. The number of thioether (sulfide) groups is 1. The van der Waals surface area contributed by atoms with E-state index < -0.39 is 5.82 Å². The van der Waals surface area contributed by atoms with E-state index in [2.05, 4.69) is 27.1 Å². The van der Waals surface area contributed by atoms with Crippen molar-refractivity contribution in [3.63, 3.8) is 0 Å². The van der Waals surface area contributed by atoms with Crippen molar-refractivity contribution in [1.29, 1.82) is 0 Å². The molecular weight excluding hydrogens is 353 g/mol. The van der Waals surface area contributed by atoms with Crippen LogP contribution in [0.5, 0.6) is 0 Å². The second-order valence-electron chi connectivity index (χ2n) is 5.29. The third-order valence-electron chi connectivity index (χ3n) is 3.41. The summed E-state index contributed by atoms with van der Waals surface area (Å²) in [5, 5.41) is 11.6. The van der Waals surface area contributed by atoms with Crippen molar-refractivity contribution in [3.8, 4) is 11.4 Å². The van der Waals surface area contributed by atoms with Gasteiger partial charge in [-0.1, -0.05) is 23.9 Å². The lowest BCUT2D eigenvalue weighted by atomic mass is 10.2. The van der Waals surface area contributed by atoms with Gasteiger partial charge in [-0.3, -0.25) is 14.3 Å². The quantitative estimate of drug-likeness (QED) is 0.510. The molecule has 6 nitrogen and oxygen atoms in total. The molecule has 0 aliphatic carbocycles. The number of hydrogen-bond donors (Lipinski definition) is 1. The molecule has 2 aromatic heterocycles. The van der Waals surface area contributed by atoms with Gasteiger partial charge in [0.25, 0.3) is 0 Å². The summed E-state index contributed by atoms with van der Waals surface area (Å²) in [5.74, 6) is 0.157. The summed E-state index contributed by atoms with van der Waals surface area (Å²) < 4.78 is 15.1. The van der Waals surface area contributed by atoms with Crippen LogP contribution in [0.25, 0.3) is 11.4 Å².